The average molecular weight is 350 g/mol. The van der Waals surface area contributed by atoms with E-state index < -0.39 is 4.92 Å². The van der Waals surface area contributed by atoms with Gasteiger partial charge < -0.3 is 19.9 Å². The van der Waals surface area contributed by atoms with Crippen molar-refractivity contribution in [2.24, 2.45) is 0 Å². The molecule has 136 valence electrons. The van der Waals surface area contributed by atoms with Crippen LogP contribution in [0.1, 0.15) is 10.4 Å². The SMILES string of the molecule is COCCNCC(=O)N1CCN(C(=O)c2ccc([N+](=O)[O-])cc2)CC1. The zero-order valence-electron chi connectivity index (χ0n) is 14.1. The van der Waals surface area contributed by atoms with Crippen LogP contribution in [0.15, 0.2) is 24.3 Å². The number of ether oxygens (including phenoxy) is 1. The maximum absolute atomic E-state index is 12.4. The van der Waals surface area contributed by atoms with Crippen molar-refractivity contribution < 1.29 is 19.2 Å². The Kier molecular flexibility index (Phi) is 6.84. The third-order valence-corrected chi connectivity index (χ3v) is 4.00. The molecule has 1 saturated heterocycles. The van der Waals surface area contributed by atoms with Crippen molar-refractivity contribution in [1.82, 2.24) is 15.1 Å². The number of benzene rings is 1. The van der Waals surface area contributed by atoms with Crippen LogP contribution in [0.4, 0.5) is 5.69 Å². The van der Waals surface area contributed by atoms with Gasteiger partial charge in [0.2, 0.25) is 5.91 Å². The molecule has 25 heavy (non-hydrogen) atoms. The van der Waals surface area contributed by atoms with Gasteiger partial charge >= 0.3 is 0 Å². The second-order valence-corrected chi connectivity index (χ2v) is 5.65. The lowest BCUT2D eigenvalue weighted by Gasteiger charge is -2.35. The Morgan fingerprint density at radius 2 is 1.76 bits per heavy atom. The molecule has 0 saturated carbocycles. The van der Waals surface area contributed by atoms with Crippen molar-refractivity contribution >= 4 is 17.5 Å². The maximum atomic E-state index is 12.4. The highest BCUT2D eigenvalue weighted by Crippen LogP contribution is 2.14. The van der Waals surface area contributed by atoms with Gasteiger partial charge in [0.05, 0.1) is 18.1 Å². The Hall–Kier alpha value is -2.52. The third kappa shape index (κ3) is 5.23. The number of non-ortho nitro benzene ring substituents is 1. The van der Waals surface area contributed by atoms with Gasteiger partial charge in [-0.15, -0.1) is 0 Å². The molecule has 0 aromatic heterocycles. The molecule has 1 heterocycles. The van der Waals surface area contributed by atoms with E-state index in [0.717, 1.165) is 0 Å². The number of carbonyl (C=O) groups excluding carboxylic acids is 2. The highest BCUT2D eigenvalue weighted by molar-refractivity contribution is 5.94. The molecule has 1 aromatic carbocycles. The summed E-state index contributed by atoms with van der Waals surface area (Å²) >= 11 is 0. The topological polar surface area (TPSA) is 105 Å². The molecule has 1 aliphatic heterocycles. The van der Waals surface area contributed by atoms with Crippen molar-refractivity contribution in [1.29, 1.82) is 0 Å². The molecule has 1 N–H and O–H groups in total. The second-order valence-electron chi connectivity index (χ2n) is 5.65. The standard InChI is InChI=1S/C16H22N4O5/c1-25-11-6-17-12-15(21)18-7-9-19(10-8-18)16(22)13-2-4-14(5-3-13)20(23)24/h2-5,17H,6-12H2,1H3. The van der Waals surface area contributed by atoms with Gasteiger partial charge in [0.15, 0.2) is 0 Å². The summed E-state index contributed by atoms with van der Waals surface area (Å²) in [7, 11) is 1.60. The molecule has 0 atom stereocenters. The molecule has 1 aromatic rings. The summed E-state index contributed by atoms with van der Waals surface area (Å²) in [6.07, 6.45) is 0. The van der Waals surface area contributed by atoms with Gasteiger partial charge in [-0.25, -0.2) is 0 Å². The Labute approximate surface area is 145 Å². The smallest absolute Gasteiger partial charge is 0.269 e. The zero-order valence-corrected chi connectivity index (χ0v) is 14.1. The molecule has 0 spiro atoms. The number of piperazine rings is 1. The molecule has 2 amide bonds. The Morgan fingerprint density at radius 1 is 1.16 bits per heavy atom. The largest absolute Gasteiger partial charge is 0.383 e. The van der Waals surface area contributed by atoms with Gasteiger partial charge in [-0.3, -0.25) is 19.7 Å². The summed E-state index contributed by atoms with van der Waals surface area (Å²) in [5, 5.41) is 13.7. The number of hydrogen-bond donors (Lipinski definition) is 1. The minimum atomic E-state index is -0.501. The molecule has 0 aliphatic carbocycles. The first-order valence-corrected chi connectivity index (χ1v) is 8.04. The number of nitro groups is 1. The van der Waals surface area contributed by atoms with Gasteiger partial charge in [0.25, 0.3) is 11.6 Å². The molecule has 1 fully saturated rings. The van der Waals surface area contributed by atoms with Crippen LogP contribution in [-0.4, -0.2) is 79.5 Å². The maximum Gasteiger partial charge on any atom is 0.269 e. The van der Waals surface area contributed by atoms with Gasteiger partial charge in [0, 0.05) is 57.5 Å². The van der Waals surface area contributed by atoms with E-state index in [-0.39, 0.29) is 24.0 Å². The van der Waals surface area contributed by atoms with Crippen LogP contribution in [-0.2, 0) is 9.53 Å². The summed E-state index contributed by atoms with van der Waals surface area (Å²) in [6.45, 7) is 3.25. The molecule has 9 heteroatoms. The lowest BCUT2D eigenvalue weighted by Crippen LogP contribution is -2.52. The summed E-state index contributed by atoms with van der Waals surface area (Å²) in [5.41, 5.74) is 0.361. The summed E-state index contributed by atoms with van der Waals surface area (Å²) in [5.74, 6) is -0.182. The number of carbonyl (C=O) groups is 2. The Balaban J connectivity index is 1.81. The molecule has 2 rings (SSSR count). The van der Waals surface area contributed by atoms with E-state index in [4.69, 9.17) is 4.74 Å². The van der Waals surface area contributed by atoms with E-state index in [1.807, 2.05) is 0 Å². The van der Waals surface area contributed by atoms with Crippen molar-refractivity contribution in [2.75, 3.05) is 53.0 Å². The lowest BCUT2D eigenvalue weighted by atomic mass is 10.1. The molecular formula is C16H22N4O5. The quantitative estimate of drug-likeness (QED) is 0.425. The monoisotopic (exact) mass is 350 g/mol. The van der Waals surface area contributed by atoms with Crippen LogP contribution in [0, 0.1) is 10.1 Å². The van der Waals surface area contributed by atoms with Crippen molar-refractivity contribution in [3.05, 3.63) is 39.9 Å². The molecule has 0 unspecified atom stereocenters. The van der Waals surface area contributed by atoms with E-state index in [0.29, 0.717) is 44.9 Å². The highest BCUT2D eigenvalue weighted by atomic mass is 16.6. The van der Waals surface area contributed by atoms with Crippen molar-refractivity contribution in [3.8, 4) is 0 Å². The van der Waals surface area contributed by atoms with Gasteiger partial charge in [-0.1, -0.05) is 0 Å². The van der Waals surface area contributed by atoms with Crippen LogP contribution in [0.3, 0.4) is 0 Å². The van der Waals surface area contributed by atoms with Gasteiger partial charge in [-0.2, -0.15) is 0 Å². The second kappa shape index (κ2) is 9.09. The molecule has 0 bridgehead atoms. The first kappa shape index (κ1) is 18.8. The summed E-state index contributed by atoms with van der Waals surface area (Å²) < 4.78 is 4.90. The number of nitro benzene ring substituents is 1. The fourth-order valence-corrected chi connectivity index (χ4v) is 2.55. The fourth-order valence-electron chi connectivity index (χ4n) is 2.55. The Morgan fingerprint density at radius 3 is 2.32 bits per heavy atom. The van der Waals surface area contributed by atoms with E-state index in [1.54, 1.807) is 16.9 Å². The molecule has 0 radical (unpaired) electrons. The first-order chi connectivity index (χ1) is 12.0. The third-order valence-electron chi connectivity index (χ3n) is 4.00. The van der Waals surface area contributed by atoms with Crippen LogP contribution < -0.4 is 5.32 Å². The number of methoxy groups -OCH3 is 1. The van der Waals surface area contributed by atoms with Crippen LogP contribution in [0.5, 0.6) is 0 Å². The number of rotatable bonds is 7. The highest BCUT2D eigenvalue weighted by Gasteiger charge is 2.24. The van der Waals surface area contributed by atoms with E-state index in [1.165, 1.54) is 24.3 Å². The van der Waals surface area contributed by atoms with Crippen LogP contribution in [0.2, 0.25) is 0 Å². The number of nitrogens with one attached hydrogen (secondary N) is 1. The van der Waals surface area contributed by atoms with Crippen LogP contribution >= 0.6 is 0 Å². The normalized spacial score (nSPS) is 14.4. The summed E-state index contributed by atoms with van der Waals surface area (Å²) in [6, 6.07) is 5.55. The van der Waals surface area contributed by atoms with E-state index in [9.17, 15) is 19.7 Å². The average Bonchev–Trinajstić information content (AvgIpc) is 2.64. The molecule has 9 nitrogen and oxygen atoms in total. The van der Waals surface area contributed by atoms with Crippen LogP contribution in [0.25, 0.3) is 0 Å². The minimum Gasteiger partial charge on any atom is -0.383 e. The lowest BCUT2D eigenvalue weighted by molar-refractivity contribution is -0.384. The van der Waals surface area contributed by atoms with Crippen molar-refractivity contribution in [3.63, 3.8) is 0 Å². The molecule has 1 aliphatic rings. The van der Waals surface area contributed by atoms with Crippen molar-refractivity contribution in [2.45, 2.75) is 0 Å². The zero-order chi connectivity index (χ0) is 18.2. The van der Waals surface area contributed by atoms with Gasteiger partial charge in [0.1, 0.15) is 0 Å². The fraction of sp³-hybridized carbons (Fsp3) is 0.500. The minimum absolute atomic E-state index is 0.00135. The van der Waals surface area contributed by atoms with Gasteiger partial charge in [-0.05, 0) is 12.1 Å². The number of nitrogens with zero attached hydrogens (tertiary/aromatic N) is 3. The predicted octanol–water partition coefficient (Wildman–Crippen LogP) is 0.115. The predicted molar refractivity (Wildman–Crippen MR) is 90.3 cm³/mol. The summed E-state index contributed by atoms with van der Waals surface area (Å²) in [4.78, 5) is 38.0. The Bertz CT molecular complexity index is 611. The number of amides is 2. The van der Waals surface area contributed by atoms with E-state index in [2.05, 4.69) is 5.32 Å². The molecular weight excluding hydrogens is 328 g/mol. The van der Waals surface area contributed by atoms with E-state index >= 15 is 0 Å². The number of hydrogen-bond acceptors (Lipinski definition) is 6. The first-order valence-electron chi connectivity index (χ1n) is 8.04.